The number of aromatic nitrogens is 2. The van der Waals surface area contributed by atoms with Gasteiger partial charge >= 0.3 is 5.69 Å². The summed E-state index contributed by atoms with van der Waals surface area (Å²) in [5, 5.41) is 3.31. The first kappa shape index (κ1) is 16.2. The molecule has 3 rings (SSSR count). The molecule has 1 fully saturated rings. The van der Waals surface area contributed by atoms with Crippen molar-refractivity contribution in [3.63, 3.8) is 0 Å². The van der Waals surface area contributed by atoms with E-state index in [1.165, 1.54) is 10.6 Å². The van der Waals surface area contributed by atoms with Crippen LogP contribution < -0.4 is 16.6 Å². The Bertz CT molecular complexity index is 812. The number of hydrogen-bond acceptors (Lipinski definition) is 3. The van der Waals surface area contributed by atoms with E-state index in [0.717, 1.165) is 23.1 Å². The third-order valence-corrected chi connectivity index (χ3v) is 4.97. The minimum absolute atomic E-state index is 0.223. The van der Waals surface area contributed by atoms with Gasteiger partial charge in [-0.05, 0) is 42.6 Å². The second-order valence-corrected chi connectivity index (χ2v) is 7.12. The van der Waals surface area contributed by atoms with Gasteiger partial charge in [-0.2, -0.15) is 0 Å². The topological polar surface area (TPSA) is 56.0 Å². The first-order valence-corrected chi connectivity index (χ1v) is 8.59. The van der Waals surface area contributed by atoms with Crippen LogP contribution in [0.25, 0.3) is 0 Å². The van der Waals surface area contributed by atoms with Crippen LogP contribution in [0.1, 0.15) is 12.5 Å². The lowest BCUT2D eigenvalue weighted by Crippen LogP contribution is -2.41. The molecule has 0 spiro atoms. The van der Waals surface area contributed by atoms with Crippen LogP contribution in [0, 0.1) is 11.8 Å². The molecule has 0 saturated carbocycles. The summed E-state index contributed by atoms with van der Waals surface area (Å²) < 4.78 is 3.93. The van der Waals surface area contributed by atoms with E-state index in [4.69, 9.17) is 0 Å². The quantitative estimate of drug-likeness (QED) is 0.881. The minimum atomic E-state index is -0.239. The second-order valence-electron chi connectivity index (χ2n) is 6.20. The summed E-state index contributed by atoms with van der Waals surface area (Å²) in [5.41, 5.74) is 0.554. The molecule has 122 valence electrons. The van der Waals surface area contributed by atoms with E-state index in [9.17, 15) is 9.59 Å². The van der Waals surface area contributed by atoms with Crippen molar-refractivity contribution in [1.82, 2.24) is 14.5 Å². The van der Waals surface area contributed by atoms with Crippen molar-refractivity contribution >= 4 is 15.9 Å². The van der Waals surface area contributed by atoms with Gasteiger partial charge in [-0.1, -0.05) is 35.0 Å². The van der Waals surface area contributed by atoms with Crippen LogP contribution >= 0.6 is 15.9 Å². The van der Waals surface area contributed by atoms with Crippen LogP contribution in [0.4, 0.5) is 0 Å². The van der Waals surface area contributed by atoms with E-state index < -0.39 is 0 Å². The maximum atomic E-state index is 12.7. The third-order valence-electron chi connectivity index (χ3n) is 4.48. The van der Waals surface area contributed by atoms with Crippen LogP contribution in [-0.2, 0) is 13.1 Å². The molecule has 0 amide bonds. The molecule has 2 heterocycles. The van der Waals surface area contributed by atoms with Gasteiger partial charge in [-0.25, -0.2) is 4.79 Å². The molecule has 23 heavy (non-hydrogen) atoms. The Morgan fingerprint density at radius 3 is 2.78 bits per heavy atom. The lowest BCUT2D eigenvalue weighted by Gasteiger charge is -2.16. The van der Waals surface area contributed by atoms with Gasteiger partial charge in [0.15, 0.2) is 0 Å². The van der Waals surface area contributed by atoms with E-state index in [-0.39, 0.29) is 11.2 Å². The molecular formula is C17H20BrN3O2. The molecule has 0 bridgehead atoms. The Balaban J connectivity index is 1.89. The Kier molecular flexibility index (Phi) is 4.82. The molecule has 5 nitrogen and oxygen atoms in total. The normalized spacial score (nSPS) is 20.8. The van der Waals surface area contributed by atoms with Crippen LogP contribution in [-0.4, -0.2) is 22.2 Å². The highest BCUT2D eigenvalue weighted by molar-refractivity contribution is 9.10. The average molecular weight is 378 g/mol. The van der Waals surface area contributed by atoms with Crippen molar-refractivity contribution in [1.29, 1.82) is 0 Å². The predicted octanol–water partition coefficient (Wildman–Crippen LogP) is 1.68. The first-order valence-electron chi connectivity index (χ1n) is 7.80. The van der Waals surface area contributed by atoms with Gasteiger partial charge < -0.3 is 5.32 Å². The Morgan fingerprint density at radius 2 is 2.09 bits per heavy atom. The number of nitrogens with zero attached hydrogens (tertiary/aromatic N) is 2. The number of rotatable bonds is 4. The fraction of sp³-hybridized carbons (Fsp3) is 0.412. The zero-order valence-electron chi connectivity index (χ0n) is 13.0. The molecule has 0 unspecified atom stereocenters. The molecule has 6 heteroatoms. The first-order chi connectivity index (χ1) is 11.0. The van der Waals surface area contributed by atoms with E-state index in [1.807, 2.05) is 24.3 Å². The highest BCUT2D eigenvalue weighted by Gasteiger charge is 2.24. The van der Waals surface area contributed by atoms with Gasteiger partial charge in [0, 0.05) is 23.3 Å². The zero-order valence-corrected chi connectivity index (χ0v) is 14.6. The molecule has 1 aromatic heterocycles. The largest absolute Gasteiger partial charge is 0.331 e. The van der Waals surface area contributed by atoms with Crippen LogP contribution in [0.15, 0.2) is 50.6 Å². The van der Waals surface area contributed by atoms with Crippen molar-refractivity contribution in [2.75, 3.05) is 13.1 Å². The highest BCUT2D eigenvalue weighted by atomic mass is 79.9. The van der Waals surface area contributed by atoms with Gasteiger partial charge in [-0.15, -0.1) is 0 Å². The summed E-state index contributed by atoms with van der Waals surface area (Å²) in [4.78, 5) is 24.8. The van der Waals surface area contributed by atoms with Crippen molar-refractivity contribution in [2.45, 2.75) is 20.0 Å². The van der Waals surface area contributed by atoms with Gasteiger partial charge in [0.1, 0.15) is 0 Å². The monoisotopic (exact) mass is 377 g/mol. The summed E-state index contributed by atoms with van der Waals surface area (Å²) in [5.74, 6) is 0.794. The summed E-state index contributed by atoms with van der Waals surface area (Å²) >= 11 is 3.44. The average Bonchev–Trinajstić information content (AvgIpc) is 2.92. The Morgan fingerprint density at radius 1 is 1.26 bits per heavy atom. The lowest BCUT2D eigenvalue weighted by molar-refractivity contribution is 0.372. The van der Waals surface area contributed by atoms with Gasteiger partial charge in [0.05, 0.1) is 6.54 Å². The highest BCUT2D eigenvalue weighted by Crippen LogP contribution is 2.16. The maximum Gasteiger partial charge on any atom is 0.331 e. The van der Waals surface area contributed by atoms with E-state index >= 15 is 0 Å². The summed E-state index contributed by atoms with van der Waals surface area (Å²) in [6, 6.07) is 9.31. The minimum Gasteiger partial charge on any atom is -0.316 e. The lowest BCUT2D eigenvalue weighted by atomic mass is 9.98. The van der Waals surface area contributed by atoms with Gasteiger partial charge in [0.2, 0.25) is 0 Å². The molecule has 1 saturated heterocycles. The van der Waals surface area contributed by atoms with Crippen molar-refractivity contribution in [3.8, 4) is 0 Å². The summed E-state index contributed by atoms with van der Waals surface area (Å²) in [6.07, 6.45) is 1.58. The van der Waals surface area contributed by atoms with E-state index in [1.54, 1.807) is 10.8 Å². The smallest absolute Gasteiger partial charge is 0.316 e. The number of benzene rings is 1. The molecule has 2 atom stereocenters. The molecule has 2 aromatic rings. The fourth-order valence-electron chi connectivity index (χ4n) is 3.02. The second kappa shape index (κ2) is 6.84. The van der Waals surface area contributed by atoms with Crippen LogP contribution in [0.3, 0.4) is 0 Å². The number of halogens is 1. The summed E-state index contributed by atoms with van der Waals surface area (Å²) in [7, 11) is 0. The molecule has 0 radical (unpaired) electrons. The Hall–Kier alpha value is -1.66. The summed E-state index contributed by atoms with van der Waals surface area (Å²) in [6.45, 7) is 4.88. The maximum absolute atomic E-state index is 12.7. The van der Waals surface area contributed by atoms with Gasteiger partial charge in [0.25, 0.3) is 5.56 Å². The molecule has 1 aliphatic rings. The zero-order chi connectivity index (χ0) is 16.4. The Labute approximate surface area is 143 Å². The van der Waals surface area contributed by atoms with E-state index in [2.05, 4.69) is 28.2 Å². The van der Waals surface area contributed by atoms with Crippen molar-refractivity contribution in [3.05, 3.63) is 67.4 Å². The SMILES string of the molecule is C[C@@H]1CNC[C@H]1Cn1c(=O)ccn(Cc2cccc(Br)c2)c1=O. The fourth-order valence-corrected chi connectivity index (χ4v) is 3.47. The van der Waals surface area contributed by atoms with E-state index in [0.29, 0.717) is 24.9 Å². The molecule has 1 aliphatic heterocycles. The molecule has 0 aliphatic carbocycles. The molecule has 1 N–H and O–H groups in total. The van der Waals surface area contributed by atoms with Gasteiger partial charge in [-0.3, -0.25) is 13.9 Å². The van der Waals surface area contributed by atoms with Crippen LogP contribution in [0.2, 0.25) is 0 Å². The predicted molar refractivity (Wildman–Crippen MR) is 93.7 cm³/mol. The molecule has 1 aromatic carbocycles. The third kappa shape index (κ3) is 3.64. The standard InChI is InChI=1S/C17H20BrN3O2/c1-12-8-19-9-14(12)11-21-16(22)5-6-20(17(21)23)10-13-3-2-4-15(18)7-13/h2-7,12,14,19H,8-11H2,1H3/t12-,14+/m1/s1. The van der Waals surface area contributed by atoms with Crippen LogP contribution in [0.5, 0.6) is 0 Å². The number of hydrogen-bond donors (Lipinski definition) is 1. The van der Waals surface area contributed by atoms with Crippen molar-refractivity contribution < 1.29 is 0 Å². The number of nitrogens with one attached hydrogen (secondary N) is 1. The molecular weight excluding hydrogens is 358 g/mol. The van der Waals surface area contributed by atoms with Crippen molar-refractivity contribution in [2.24, 2.45) is 11.8 Å².